The van der Waals surface area contributed by atoms with Crippen molar-refractivity contribution in [2.45, 2.75) is 0 Å². The van der Waals surface area contributed by atoms with Crippen molar-refractivity contribution in [1.82, 2.24) is 0 Å². The smallest absolute Gasteiger partial charge is 0.0332 e. The zero-order chi connectivity index (χ0) is 16.5. The van der Waals surface area contributed by atoms with Crippen molar-refractivity contribution in [3.8, 4) is 22.3 Å². The van der Waals surface area contributed by atoms with E-state index in [0.717, 1.165) is 8.95 Å². The average molecular weight is 438 g/mol. The van der Waals surface area contributed by atoms with E-state index in [2.05, 4.69) is 105 Å². The van der Waals surface area contributed by atoms with Gasteiger partial charge >= 0.3 is 0 Å². The number of hydrogen-bond acceptors (Lipinski definition) is 0. The van der Waals surface area contributed by atoms with Gasteiger partial charge in [-0.1, -0.05) is 84.9 Å². The van der Waals surface area contributed by atoms with Crippen LogP contribution in [0.15, 0.2) is 93.9 Å². The maximum Gasteiger partial charge on any atom is 0.0332 e. The number of benzene rings is 4. The van der Waals surface area contributed by atoms with Crippen molar-refractivity contribution in [2.24, 2.45) is 0 Å². The largest absolute Gasteiger partial charge is 0.0622 e. The molecule has 0 spiro atoms. The Balaban J connectivity index is 1.93. The van der Waals surface area contributed by atoms with Crippen molar-refractivity contribution < 1.29 is 0 Å². The summed E-state index contributed by atoms with van der Waals surface area (Å²) in [7, 11) is 0. The highest BCUT2D eigenvalue weighted by Crippen LogP contribution is 2.40. The third-order valence-electron chi connectivity index (χ3n) is 4.24. The third-order valence-corrected chi connectivity index (χ3v) is 5.95. The van der Waals surface area contributed by atoms with Gasteiger partial charge in [-0.25, -0.2) is 0 Å². The molecule has 116 valence electrons. The van der Waals surface area contributed by atoms with Crippen LogP contribution >= 0.6 is 31.9 Å². The van der Waals surface area contributed by atoms with Gasteiger partial charge in [0.1, 0.15) is 0 Å². The molecule has 0 radical (unpaired) electrons. The van der Waals surface area contributed by atoms with Crippen LogP contribution in [0.1, 0.15) is 0 Å². The van der Waals surface area contributed by atoms with E-state index in [-0.39, 0.29) is 0 Å². The Hall–Kier alpha value is -1.90. The molecule has 0 atom stereocenters. The lowest BCUT2D eigenvalue weighted by molar-refractivity contribution is 1.59. The van der Waals surface area contributed by atoms with E-state index in [1.54, 1.807) is 0 Å². The summed E-state index contributed by atoms with van der Waals surface area (Å²) in [4.78, 5) is 0. The Morgan fingerprint density at radius 2 is 0.792 bits per heavy atom. The molecule has 0 aliphatic carbocycles. The molecule has 0 unspecified atom stereocenters. The molecule has 0 amide bonds. The molecule has 0 N–H and O–H groups in total. The predicted molar refractivity (Wildman–Crippen MR) is 110 cm³/mol. The molecule has 0 aromatic heterocycles. The summed E-state index contributed by atoms with van der Waals surface area (Å²) in [6.45, 7) is 0. The zero-order valence-electron chi connectivity index (χ0n) is 12.8. The molecule has 0 fully saturated rings. The first-order chi connectivity index (χ1) is 11.8. The SMILES string of the molecule is Brc1c(-c2ccccc2)ccc2c(Br)c(-c3ccccc3)ccc12. The predicted octanol–water partition coefficient (Wildman–Crippen LogP) is 7.70. The normalized spacial score (nSPS) is 10.9. The number of fused-ring (bicyclic) bond motifs is 1. The van der Waals surface area contributed by atoms with Gasteiger partial charge in [0.25, 0.3) is 0 Å². The number of rotatable bonds is 2. The van der Waals surface area contributed by atoms with Gasteiger partial charge in [-0.2, -0.15) is 0 Å². The van der Waals surface area contributed by atoms with E-state index in [9.17, 15) is 0 Å². The first-order valence-electron chi connectivity index (χ1n) is 7.77. The topological polar surface area (TPSA) is 0 Å². The van der Waals surface area contributed by atoms with E-state index < -0.39 is 0 Å². The van der Waals surface area contributed by atoms with Crippen LogP contribution in [-0.4, -0.2) is 0 Å². The van der Waals surface area contributed by atoms with Crippen molar-refractivity contribution in [3.63, 3.8) is 0 Å². The number of halogens is 2. The van der Waals surface area contributed by atoms with Crippen LogP contribution < -0.4 is 0 Å². The summed E-state index contributed by atoms with van der Waals surface area (Å²) in [5.74, 6) is 0. The van der Waals surface area contributed by atoms with Gasteiger partial charge < -0.3 is 0 Å². The highest BCUT2D eigenvalue weighted by atomic mass is 79.9. The highest BCUT2D eigenvalue weighted by Gasteiger charge is 2.12. The third kappa shape index (κ3) is 2.70. The van der Waals surface area contributed by atoms with Crippen molar-refractivity contribution >= 4 is 42.6 Å². The lowest BCUT2D eigenvalue weighted by Crippen LogP contribution is -1.86. The van der Waals surface area contributed by atoms with Crippen LogP contribution in [-0.2, 0) is 0 Å². The summed E-state index contributed by atoms with van der Waals surface area (Å²) in [6.07, 6.45) is 0. The summed E-state index contributed by atoms with van der Waals surface area (Å²) < 4.78 is 2.26. The highest BCUT2D eigenvalue weighted by molar-refractivity contribution is 9.11. The average Bonchev–Trinajstić information content (AvgIpc) is 2.64. The Morgan fingerprint density at radius 1 is 0.417 bits per heavy atom. The number of hydrogen-bond donors (Lipinski definition) is 0. The molecule has 4 aromatic carbocycles. The van der Waals surface area contributed by atoms with Gasteiger partial charge in [-0.05, 0) is 64.9 Å². The first-order valence-corrected chi connectivity index (χ1v) is 9.36. The van der Waals surface area contributed by atoms with Gasteiger partial charge in [-0.15, -0.1) is 0 Å². The Morgan fingerprint density at radius 3 is 1.17 bits per heavy atom. The van der Waals surface area contributed by atoms with Gasteiger partial charge in [-0.3, -0.25) is 0 Å². The minimum absolute atomic E-state index is 1.13. The Labute approximate surface area is 158 Å². The van der Waals surface area contributed by atoms with E-state index in [1.807, 2.05) is 12.1 Å². The van der Waals surface area contributed by atoms with Crippen LogP contribution in [0.25, 0.3) is 33.0 Å². The van der Waals surface area contributed by atoms with E-state index in [1.165, 1.54) is 33.0 Å². The fourth-order valence-electron chi connectivity index (χ4n) is 3.01. The van der Waals surface area contributed by atoms with Crippen LogP contribution in [0.3, 0.4) is 0 Å². The van der Waals surface area contributed by atoms with Crippen LogP contribution in [0.2, 0.25) is 0 Å². The molecular formula is C22H14Br2. The van der Waals surface area contributed by atoms with Gasteiger partial charge in [0.15, 0.2) is 0 Å². The molecule has 0 heterocycles. The van der Waals surface area contributed by atoms with Crippen LogP contribution in [0.5, 0.6) is 0 Å². The van der Waals surface area contributed by atoms with Gasteiger partial charge in [0.2, 0.25) is 0 Å². The summed E-state index contributed by atoms with van der Waals surface area (Å²) in [5, 5.41) is 2.42. The molecule has 2 heteroatoms. The second-order valence-corrected chi connectivity index (χ2v) is 7.27. The summed E-state index contributed by atoms with van der Waals surface area (Å²) >= 11 is 7.63. The minimum Gasteiger partial charge on any atom is -0.0622 e. The molecule has 4 aromatic rings. The monoisotopic (exact) mass is 436 g/mol. The quantitative estimate of drug-likeness (QED) is 0.301. The molecule has 0 bridgehead atoms. The maximum atomic E-state index is 3.81. The molecule has 0 saturated heterocycles. The van der Waals surface area contributed by atoms with Crippen molar-refractivity contribution in [1.29, 1.82) is 0 Å². The lowest BCUT2D eigenvalue weighted by atomic mass is 9.98. The Bertz CT molecular complexity index is 921. The fourth-order valence-corrected chi connectivity index (χ4v) is 4.43. The second-order valence-electron chi connectivity index (χ2n) is 5.68. The fraction of sp³-hybridized carbons (Fsp3) is 0. The molecule has 0 saturated carbocycles. The minimum atomic E-state index is 1.13. The van der Waals surface area contributed by atoms with E-state index >= 15 is 0 Å². The standard InChI is InChI=1S/C22H14Br2/c23-21-17(15-7-3-1-4-8-15)11-13-20-19(21)14-12-18(22(20)24)16-9-5-2-6-10-16/h1-14H. The van der Waals surface area contributed by atoms with E-state index in [0.29, 0.717) is 0 Å². The molecule has 0 aliphatic heterocycles. The Kier molecular flexibility index (Phi) is 4.26. The first kappa shape index (κ1) is 15.6. The molecule has 0 aliphatic rings. The maximum absolute atomic E-state index is 3.81. The van der Waals surface area contributed by atoms with Gasteiger partial charge in [0.05, 0.1) is 0 Å². The summed E-state index contributed by atoms with van der Waals surface area (Å²) in [6, 6.07) is 29.7. The van der Waals surface area contributed by atoms with Crippen LogP contribution in [0, 0.1) is 0 Å². The zero-order valence-corrected chi connectivity index (χ0v) is 16.0. The van der Waals surface area contributed by atoms with Crippen LogP contribution in [0.4, 0.5) is 0 Å². The van der Waals surface area contributed by atoms with Gasteiger partial charge in [0, 0.05) is 8.95 Å². The molecule has 4 rings (SSSR count). The summed E-state index contributed by atoms with van der Waals surface area (Å²) in [5.41, 5.74) is 4.86. The van der Waals surface area contributed by atoms with Crippen molar-refractivity contribution in [3.05, 3.63) is 93.9 Å². The van der Waals surface area contributed by atoms with Crippen molar-refractivity contribution in [2.75, 3.05) is 0 Å². The van der Waals surface area contributed by atoms with E-state index in [4.69, 9.17) is 0 Å². The second kappa shape index (κ2) is 6.54. The lowest BCUT2D eigenvalue weighted by Gasteiger charge is -2.13. The molecular weight excluding hydrogens is 424 g/mol. The molecule has 24 heavy (non-hydrogen) atoms. The molecule has 0 nitrogen and oxygen atoms in total.